The summed E-state index contributed by atoms with van der Waals surface area (Å²) in [6, 6.07) is 0.230. The Morgan fingerprint density at radius 3 is 3.07 bits per heavy atom. The second kappa shape index (κ2) is 3.28. The molecule has 1 N–H and O–H groups in total. The molecule has 0 bridgehead atoms. The van der Waals surface area contributed by atoms with Crippen LogP contribution in [0.2, 0.25) is 0 Å². The molecule has 1 aromatic rings. The lowest BCUT2D eigenvalue weighted by Crippen LogP contribution is -2.56. The van der Waals surface area contributed by atoms with Crippen LogP contribution in [0.1, 0.15) is 31.0 Å². The van der Waals surface area contributed by atoms with Gasteiger partial charge in [0.2, 0.25) is 0 Å². The van der Waals surface area contributed by atoms with Gasteiger partial charge in [-0.2, -0.15) is 15.0 Å². The number of nitrogens with one attached hydrogen (secondary N) is 1. The van der Waals surface area contributed by atoms with Crippen LogP contribution in [0.25, 0.3) is 0 Å². The van der Waals surface area contributed by atoms with E-state index in [1.165, 1.54) is 6.42 Å². The van der Waals surface area contributed by atoms with Gasteiger partial charge in [-0.25, -0.2) is 0 Å². The van der Waals surface area contributed by atoms with Crippen LogP contribution >= 0.6 is 0 Å². The van der Waals surface area contributed by atoms with Crippen LogP contribution in [0.4, 0.5) is 0 Å². The second-order valence-electron chi connectivity index (χ2n) is 4.41. The van der Waals surface area contributed by atoms with E-state index in [1.807, 2.05) is 13.2 Å². The summed E-state index contributed by atoms with van der Waals surface area (Å²) in [6.45, 7) is 1.72. The summed E-state index contributed by atoms with van der Waals surface area (Å²) in [6.07, 6.45) is 5.38. The second-order valence-corrected chi connectivity index (χ2v) is 4.41. The predicted molar refractivity (Wildman–Crippen MR) is 54.3 cm³/mol. The van der Waals surface area contributed by atoms with Crippen LogP contribution in [0.5, 0.6) is 0 Å². The van der Waals surface area contributed by atoms with Crippen LogP contribution in [0.15, 0.2) is 6.20 Å². The van der Waals surface area contributed by atoms with Gasteiger partial charge in [0.05, 0.1) is 24.4 Å². The number of rotatable bonds is 1. The van der Waals surface area contributed by atoms with Crippen molar-refractivity contribution in [3.05, 3.63) is 11.9 Å². The molecule has 1 spiro atoms. The first-order valence-corrected chi connectivity index (χ1v) is 5.54. The van der Waals surface area contributed by atoms with Gasteiger partial charge < -0.3 is 10.1 Å². The van der Waals surface area contributed by atoms with Crippen molar-refractivity contribution >= 4 is 0 Å². The van der Waals surface area contributed by atoms with Gasteiger partial charge in [-0.3, -0.25) is 0 Å². The summed E-state index contributed by atoms with van der Waals surface area (Å²) in [5.74, 6) is 0. The lowest BCUT2D eigenvalue weighted by molar-refractivity contribution is -0.147. The number of hydrogen-bond donors (Lipinski definition) is 1. The Morgan fingerprint density at radius 1 is 1.60 bits per heavy atom. The molecule has 15 heavy (non-hydrogen) atoms. The number of morpholine rings is 1. The van der Waals surface area contributed by atoms with E-state index in [2.05, 4.69) is 15.5 Å². The van der Waals surface area contributed by atoms with Gasteiger partial charge in [0.1, 0.15) is 5.69 Å². The highest BCUT2D eigenvalue weighted by atomic mass is 16.5. The van der Waals surface area contributed by atoms with Crippen LogP contribution in [-0.4, -0.2) is 33.7 Å². The van der Waals surface area contributed by atoms with Gasteiger partial charge in [-0.1, -0.05) is 0 Å². The quantitative estimate of drug-likeness (QED) is 0.725. The standard InChI is InChI=1S/C10H16N4O/c1-14-12-7-8(13-14)9-10(3-2-4-10)15-6-5-11-9/h7,9,11H,2-6H2,1H3. The van der Waals surface area contributed by atoms with Gasteiger partial charge in [-0.05, 0) is 19.3 Å². The smallest absolute Gasteiger partial charge is 0.103 e. The van der Waals surface area contributed by atoms with E-state index in [0.717, 1.165) is 31.7 Å². The minimum Gasteiger partial charge on any atom is -0.372 e. The molecule has 0 amide bonds. The SMILES string of the molecule is Cn1ncc(C2NCCOC23CCC3)n1. The molecule has 1 saturated heterocycles. The van der Waals surface area contributed by atoms with Crippen LogP contribution in [-0.2, 0) is 11.8 Å². The minimum atomic E-state index is 0.00822. The molecule has 5 heteroatoms. The first-order chi connectivity index (χ1) is 7.30. The molecule has 0 radical (unpaired) electrons. The summed E-state index contributed by atoms with van der Waals surface area (Å²) in [5.41, 5.74) is 1.02. The van der Waals surface area contributed by atoms with Crippen molar-refractivity contribution in [1.82, 2.24) is 20.3 Å². The van der Waals surface area contributed by atoms with Gasteiger partial charge in [0, 0.05) is 13.6 Å². The first-order valence-electron chi connectivity index (χ1n) is 5.54. The average molecular weight is 208 g/mol. The molecule has 1 aliphatic carbocycles. The van der Waals surface area contributed by atoms with Crippen molar-refractivity contribution in [2.75, 3.05) is 13.2 Å². The number of nitrogens with zero attached hydrogens (tertiary/aromatic N) is 3. The molecule has 1 atom stereocenters. The highest BCUT2D eigenvalue weighted by Gasteiger charge is 2.48. The minimum absolute atomic E-state index is 0.00822. The van der Waals surface area contributed by atoms with Crippen molar-refractivity contribution in [3.63, 3.8) is 0 Å². The van der Waals surface area contributed by atoms with Crippen molar-refractivity contribution in [3.8, 4) is 0 Å². The van der Waals surface area contributed by atoms with Crippen molar-refractivity contribution in [1.29, 1.82) is 0 Å². The third-order valence-corrected chi connectivity index (χ3v) is 3.48. The van der Waals surface area contributed by atoms with Gasteiger partial charge in [0.25, 0.3) is 0 Å². The van der Waals surface area contributed by atoms with E-state index in [-0.39, 0.29) is 11.6 Å². The Hall–Kier alpha value is -0.940. The largest absolute Gasteiger partial charge is 0.372 e. The van der Waals surface area contributed by atoms with Gasteiger partial charge in [-0.15, -0.1) is 0 Å². The molecule has 1 aromatic heterocycles. The molecule has 1 aliphatic heterocycles. The molecule has 0 aromatic carbocycles. The summed E-state index contributed by atoms with van der Waals surface area (Å²) in [7, 11) is 1.85. The van der Waals surface area contributed by atoms with Crippen molar-refractivity contribution < 1.29 is 4.74 Å². The molecule has 5 nitrogen and oxygen atoms in total. The van der Waals surface area contributed by atoms with Crippen molar-refractivity contribution in [2.24, 2.45) is 7.05 Å². The highest BCUT2D eigenvalue weighted by Crippen LogP contribution is 2.45. The maximum absolute atomic E-state index is 5.94. The number of aryl methyl sites for hydroxylation is 1. The molecular formula is C10H16N4O. The number of aromatic nitrogens is 3. The predicted octanol–water partition coefficient (Wildman–Crippen LogP) is 0.399. The fourth-order valence-corrected chi connectivity index (χ4v) is 2.55. The molecule has 82 valence electrons. The zero-order valence-corrected chi connectivity index (χ0v) is 8.94. The van der Waals surface area contributed by atoms with E-state index in [9.17, 15) is 0 Å². The molecule has 1 saturated carbocycles. The Balaban J connectivity index is 1.89. The fourth-order valence-electron chi connectivity index (χ4n) is 2.55. The van der Waals surface area contributed by atoms with E-state index in [4.69, 9.17) is 4.74 Å². The zero-order chi connectivity index (χ0) is 10.3. The van der Waals surface area contributed by atoms with E-state index >= 15 is 0 Å². The maximum atomic E-state index is 5.94. The fraction of sp³-hybridized carbons (Fsp3) is 0.800. The Bertz CT molecular complexity index is 358. The topological polar surface area (TPSA) is 52.0 Å². The zero-order valence-electron chi connectivity index (χ0n) is 8.94. The van der Waals surface area contributed by atoms with E-state index < -0.39 is 0 Å². The third-order valence-electron chi connectivity index (χ3n) is 3.48. The van der Waals surface area contributed by atoms with E-state index in [1.54, 1.807) is 4.80 Å². The van der Waals surface area contributed by atoms with Gasteiger partial charge >= 0.3 is 0 Å². The maximum Gasteiger partial charge on any atom is 0.103 e. The lowest BCUT2D eigenvalue weighted by atomic mass is 9.73. The number of ether oxygens (including phenoxy) is 1. The number of hydrogen-bond acceptors (Lipinski definition) is 4. The highest BCUT2D eigenvalue weighted by molar-refractivity contribution is 5.13. The monoisotopic (exact) mass is 208 g/mol. The normalized spacial score (nSPS) is 29.0. The van der Waals surface area contributed by atoms with Crippen molar-refractivity contribution in [2.45, 2.75) is 30.9 Å². The molecule has 2 fully saturated rings. The Labute approximate surface area is 88.8 Å². The lowest BCUT2D eigenvalue weighted by Gasteiger charge is -2.49. The first kappa shape index (κ1) is 9.30. The molecule has 2 aliphatic rings. The van der Waals surface area contributed by atoms with Crippen LogP contribution in [0.3, 0.4) is 0 Å². The summed E-state index contributed by atoms with van der Waals surface area (Å²) < 4.78 is 5.94. The summed E-state index contributed by atoms with van der Waals surface area (Å²) in [5, 5.41) is 12.0. The molecule has 2 heterocycles. The Morgan fingerprint density at radius 2 is 2.47 bits per heavy atom. The van der Waals surface area contributed by atoms with Crippen LogP contribution in [0, 0.1) is 0 Å². The molecule has 3 rings (SSSR count). The van der Waals surface area contributed by atoms with Gasteiger partial charge in [0.15, 0.2) is 0 Å². The summed E-state index contributed by atoms with van der Waals surface area (Å²) >= 11 is 0. The van der Waals surface area contributed by atoms with Crippen LogP contribution < -0.4 is 5.32 Å². The summed E-state index contributed by atoms with van der Waals surface area (Å²) in [4.78, 5) is 1.61. The average Bonchev–Trinajstić information content (AvgIpc) is 2.62. The molecule has 1 unspecified atom stereocenters. The third kappa shape index (κ3) is 1.38. The molecular weight excluding hydrogens is 192 g/mol. The van der Waals surface area contributed by atoms with E-state index in [0.29, 0.717) is 0 Å². The Kier molecular flexibility index (Phi) is 2.03.